The van der Waals surface area contributed by atoms with E-state index in [-0.39, 0.29) is 16.7 Å². The summed E-state index contributed by atoms with van der Waals surface area (Å²) in [7, 11) is 1.77. The monoisotopic (exact) mass is 540 g/mol. The van der Waals surface area contributed by atoms with Crippen LogP contribution in [-0.2, 0) is 22.2 Å². The highest BCUT2D eigenvalue weighted by Crippen LogP contribution is 2.44. The maximum absolute atomic E-state index is 12.9. The Labute approximate surface area is 229 Å². The van der Waals surface area contributed by atoms with Crippen LogP contribution in [0, 0.1) is 0 Å². The maximum atomic E-state index is 12.9. The van der Waals surface area contributed by atoms with Crippen molar-refractivity contribution < 1.29 is 9.53 Å². The molecular formula is C29H40N4O2S2. The standard InChI is InChI=1S/C29H40N4O2S2/c1-28(2,3)21-15-20(16-22(25(21)35-7)29(4,5)6)26-31-17-23(37-26)19-9-12-32(13-10-19)24(34)18-33-14-11-30-27(33)36-8/h11,14-17,19H,9-10,12-13,18H2,1-8H3. The molecule has 200 valence electrons. The van der Waals surface area contributed by atoms with Crippen LogP contribution in [0.15, 0.2) is 35.9 Å². The summed E-state index contributed by atoms with van der Waals surface area (Å²) in [6.07, 6.45) is 9.61. The molecule has 6 nitrogen and oxygen atoms in total. The molecule has 1 amide bonds. The van der Waals surface area contributed by atoms with Gasteiger partial charge in [-0.2, -0.15) is 0 Å². The van der Waals surface area contributed by atoms with Gasteiger partial charge in [-0.05, 0) is 48.0 Å². The number of hydrogen-bond donors (Lipinski definition) is 0. The number of methoxy groups -OCH3 is 1. The molecule has 3 aromatic rings. The number of carbonyl (C=O) groups is 1. The molecule has 3 heterocycles. The molecule has 0 N–H and O–H groups in total. The predicted molar refractivity (Wildman–Crippen MR) is 154 cm³/mol. The molecule has 0 saturated carbocycles. The lowest BCUT2D eigenvalue weighted by atomic mass is 9.78. The van der Waals surface area contributed by atoms with E-state index >= 15 is 0 Å². The number of hydrogen-bond acceptors (Lipinski definition) is 6. The molecule has 37 heavy (non-hydrogen) atoms. The largest absolute Gasteiger partial charge is 0.496 e. The summed E-state index contributed by atoms with van der Waals surface area (Å²) >= 11 is 3.36. The Balaban J connectivity index is 1.51. The Morgan fingerprint density at radius 3 is 2.24 bits per heavy atom. The molecule has 1 aliphatic rings. The Kier molecular flexibility index (Phi) is 8.10. The Morgan fingerprint density at radius 2 is 1.70 bits per heavy atom. The lowest BCUT2D eigenvalue weighted by molar-refractivity contribution is -0.133. The van der Waals surface area contributed by atoms with Crippen molar-refractivity contribution in [2.75, 3.05) is 26.5 Å². The van der Waals surface area contributed by atoms with Crippen molar-refractivity contribution in [3.8, 4) is 16.3 Å². The maximum Gasteiger partial charge on any atom is 0.242 e. The van der Waals surface area contributed by atoms with Gasteiger partial charge in [0.1, 0.15) is 17.3 Å². The van der Waals surface area contributed by atoms with Gasteiger partial charge in [0, 0.05) is 53.2 Å². The van der Waals surface area contributed by atoms with Gasteiger partial charge in [-0.1, -0.05) is 53.3 Å². The molecule has 1 aliphatic heterocycles. The van der Waals surface area contributed by atoms with Gasteiger partial charge in [-0.25, -0.2) is 9.97 Å². The van der Waals surface area contributed by atoms with Gasteiger partial charge < -0.3 is 14.2 Å². The number of benzene rings is 1. The molecule has 1 saturated heterocycles. The Morgan fingerprint density at radius 1 is 1.08 bits per heavy atom. The van der Waals surface area contributed by atoms with Crippen LogP contribution in [0.3, 0.4) is 0 Å². The zero-order valence-electron chi connectivity index (χ0n) is 23.4. The second-order valence-corrected chi connectivity index (χ2v) is 13.7. The summed E-state index contributed by atoms with van der Waals surface area (Å²) in [5, 5.41) is 1.93. The van der Waals surface area contributed by atoms with Crippen molar-refractivity contribution in [2.24, 2.45) is 0 Å². The highest BCUT2D eigenvalue weighted by Gasteiger charge is 2.29. The zero-order chi connectivity index (χ0) is 27.0. The van der Waals surface area contributed by atoms with Crippen molar-refractivity contribution in [3.63, 3.8) is 0 Å². The molecule has 2 aromatic heterocycles. The lowest BCUT2D eigenvalue weighted by Crippen LogP contribution is -2.39. The van der Waals surface area contributed by atoms with E-state index in [1.165, 1.54) is 16.0 Å². The number of carbonyl (C=O) groups excluding carboxylic acids is 1. The fraction of sp³-hybridized carbons (Fsp3) is 0.552. The second kappa shape index (κ2) is 10.8. The molecule has 0 aliphatic carbocycles. The summed E-state index contributed by atoms with van der Waals surface area (Å²) in [5.74, 6) is 1.59. The van der Waals surface area contributed by atoms with E-state index in [2.05, 4.69) is 64.9 Å². The van der Waals surface area contributed by atoms with E-state index in [1.807, 2.05) is 21.9 Å². The number of piperidine rings is 1. The predicted octanol–water partition coefficient (Wildman–Crippen LogP) is 6.74. The van der Waals surface area contributed by atoms with E-state index in [4.69, 9.17) is 9.72 Å². The summed E-state index contributed by atoms with van der Waals surface area (Å²) in [6.45, 7) is 15.3. The van der Waals surface area contributed by atoms with Crippen LogP contribution < -0.4 is 4.74 Å². The summed E-state index contributed by atoms with van der Waals surface area (Å²) < 4.78 is 7.87. The van der Waals surface area contributed by atoms with E-state index in [0.29, 0.717) is 12.5 Å². The Hall–Kier alpha value is -2.32. The number of nitrogens with zero attached hydrogens (tertiary/aromatic N) is 4. The quantitative estimate of drug-likeness (QED) is 0.324. The van der Waals surface area contributed by atoms with Crippen LogP contribution >= 0.6 is 23.1 Å². The Bertz CT molecular complexity index is 1210. The summed E-state index contributed by atoms with van der Waals surface area (Å²) in [4.78, 5) is 25.4. The molecule has 0 unspecified atom stereocenters. The number of aromatic nitrogens is 3. The third-order valence-corrected chi connectivity index (χ3v) is 9.01. The van der Waals surface area contributed by atoms with Crippen LogP contribution in [-0.4, -0.2) is 51.8 Å². The first-order valence-corrected chi connectivity index (χ1v) is 15.0. The molecule has 8 heteroatoms. The zero-order valence-corrected chi connectivity index (χ0v) is 25.1. The first-order valence-electron chi connectivity index (χ1n) is 12.9. The van der Waals surface area contributed by atoms with Crippen molar-refractivity contribution in [1.82, 2.24) is 19.4 Å². The smallest absolute Gasteiger partial charge is 0.242 e. The lowest BCUT2D eigenvalue weighted by Gasteiger charge is -2.31. The average molecular weight is 541 g/mol. The molecule has 1 aromatic carbocycles. The molecule has 0 atom stereocenters. The van der Waals surface area contributed by atoms with Gasteiger partial charge in [0.05, 0.1) is 7.11 Å². The number of thiazole rings is 1. The van der Waals surface area contributed by atoms with Gasteiger partial charge in [-0.15, -0.1) is 11.3 Å². The van der Waals surface area contributed by atoms with E-state index in [0.717, 1.165) is 47.4 Å². The molecule has 0 spiro atoms. The number of imidazole rings is 1. The van der Waals surface area contributed by atoms with Crippen LogP contribution in [0.1, 0.15) is 76.3 Å². The van der Waals surface area contributed by atoms with Crippen LogP contribution in [0.4, 0.5) is 0 Å². The van der Waals surface area contributed by atoms with Gasteiger partial charge >= 0.3 is 0 Å². The van der Waals surface area contributed by atoms with Crippen LogP contribution in [0.25, 0.3) is 10.6 Å². The van der Waals surface area contributed by atoms with Crippen molar-refractivity contribution in [2.45, 2.75) is 82.8 Å². The minimum absolute atomic E-state index is 0.0475. The number of rotatable bonds is 6. The van der Waals surface area contributed by atoms with Gasteiger partial charge in [0.15, 0.2) is 5.16 Å². The number of amides is 1. The van der Waals surface area contributed by atoms with Crippen LogP contribution in [0.5, 0.6) is 5.75 Å². The molecule has 0 bridgehead atoms. The third kappa shape index (κ3) is 6.06. The van der Waals surface area contributed by atoms with E-state index < -0.39 is 0 Å². The van der Waals surface area contributed by atoms with Crippen molar-refractivity contribution in [1.29, 1.82) is 0 Å². The first kappa shape index (κ1) is 27.7. The number of ether oxygens (including phenoxy) is 1. The highest BCUT2D eigenvalue weighted by atomic mass is 32.2. The second-order valence-electron chi connectivity index (χ2n) is 11.9. The number of likely N-dealkylation sites (tertiary alicyclic amines) is 1. The molecule has 1 fully saturated rings. The SMILES string of the molecule is COc1c(C(C)(C)C)cc(-c2ncc(C3CCN(C(=O)Cn4ccnc4SC)CC3)s2)cc1C(C)(C)C. The van der Waals surface area contributed by atoms with E-state index in [1.54, 1.807) is 36.4 Å². The van der Waals surface area contributed by atoms with Crippen molar-refractivity contribution in [3.05, 3.63) is 46.7 Å². The van der Waals surface area contributed by atoms with E-state index in [9.17, 15) is 4.79 Å². The van der Waals surface area contributed by atoms with Gasteiger partial charge in [0.25, 0.3) is 0 Å². The molecular weight excluding hydrogens is 500 g/mol. The minimum Gasteiger partial charge on any atom is -0.496 e. The normalized spacial score (nSPS) is 15.3. The summed E-state index contributed by atoms with van der Waals surface area (Å²) in [5.41, 5.74) is 3.49. The summed E-state index contributed by atoms with van der Waals surface area (Å²) in [6, 6.07) is 4.52. The van der Waals surface area contributed by atoms with Crippen molar-refractivity contribution >= 4 is 29.0 Å². The molecule has 0 radical (unpaired) electrons. The topological polar surface area (TPSA) is 60.2 Å². The number of thioether (sulfide) groups is 1. The van der Waals surface area contributed by atoms with Crippen LogP contribution in [0.2, 0.25) is 0 Å². The minimum atomic E-state index is -0.0475. The van der Waals surface area contributed by atoms with Gasteiger partial charge in [0.2, 0.25) is 5.91 Å². The molecule has 4 rings (SSSR count). The average Bonchev–Trinajstić information content (AvgIpc) is 3.52. The first-order chi connectivity index (χ1) is 17.4. The van der Waals surface area contributed by atoms with Gasteiger partial charge in [-0.3, -0.25) is 4.79 Å². The highest BCUT2D eigenvalue weighted by molar-refractivity contribution is 7.98. The fourth-order valence-corrected chi connectivity index (χ4v) is 6.56. The fourth-order valence-electron chi connectivity index (χ4n) is 4.96. The third-order valence-electron chi connectivity index (χ3n) is 7.10.